The van der Waals surface area contributed by atoms with E-state index in [0.717, 1.165) is 0 Å². The summed E-state index contributed by atoms with van der Waals surface area (Å²) in [6.45, 7) is 0. The van der Waals surface area contributed by atoms with Gasteiger partial charge >= 0.3 is 0 Å². The fourth-order valence-corrected chi connectivity index (χ4v) is 2.42. The van der Waals surface area contributed by atoms with Crippen molar-refractivity contribution in [1.29, 1.82) is 0 Å². The number of hydrogen-bond donors (Lipinski definition) is 0. The van der Waals surface area contributed by atoms with E-state index >= 15 is 0 Å². The zero-order valence-corrected chi connectivity index (χ0v) is 9.82. The van der Waals surface area contributed by atoms with Crippen molar-refractivity contribution >= 4 is 12.1 Å². The van der Waals surface area contributed by atoms with Crippen molar-refractivity contribution in [1.82, 2.24) is 0 Å². The molecular weight excluding hydrogens is 216 g/mol. The second kappa shape index (κ2) is 6.30. The molecule has 2 rings (SSSR count). The molecule has 0 amide bonds. The second-order valence-electron chi connectivity index (χ2n) is 4.44. The lowest BCUT2D eigenvalue weighted by molar-refractivity contribution is -0.104. The molecule has 0 aromatic heterocycles. The maximum atomic E-state index is 11.1. The van der Waals surface area contributed by atoms with Crippen molar-refractivity contribution in [2.45, 2.75) is 38.0 Å². The van der Waals surface area contributed by atoms with Crippen LogP contribution in [0.3, 0.4) is 0 Å². The molecule has 1 saturated carbocycles. The summed E-state index contributed by atoms with van der Waals surface area (Å²) in [5.74, 6) is 0.212. The first-order valence-corrected chi connectivity index (χ1v) is 5.91. The van der Waals surface area contributed by atoms with Crippen LogP contribution in [0.5, 0.6) is 0 Å². The SMILES string of the molecule is O.O=CC(=O)c1ccc(C2CCCCC2)cc1. The van der Waals surface area contributed by atoms with Crippen molar-refractivity contribution in [2.24, 2.45) is 0 Å². The summed E-state index contributed by atoms with van der Waals surface area (Å²) in [6, 6.07) is 7.51. The lowest BCUT2D eigenvalue weighted by Crippen LogP contribution is -2.05. The smallest absolute Gasteiger partial charge is 0.225 e. The van der Waals surface area contributed by atoms with Crippen LogP contribution in [0.25, 0.3) is 0 Å². The van der Waals surface area contributed by atoms with Crippen molar-refractivity contribution < 1.29 is 15.1 Å². The van der Waals surface area contributed by atoms with Gasteiger partial charge in [-0.05, 0) is 24.3 Å². The topological polar surface area (TPSA) is 65.6 Å². The van der Waals surface area contributed by atoms with E-state index in [1.165, 1.54) is 37.7 Å². The highest BCUT2D eigenvalue weighted by Crippen LogP contribution is 2.32. The Morgan fingerprint density at radius 3 is 2.18 bits per heavy atom. The van der Waals surface area contributed by atoms with Crippen molar-refractivity contribution in [3.05, 3.63) is 35.4 Å². The molecule has 2 N–H and O–H groups in total. The minimum Gasteiger partial charge on any atom is -0.412 e. The second-order valence-corrected chi connectivity index (χ2v) is 4.44. The molecule has 92 valence electrons. The molecule has 1 aromatic carbocycles. The molecule has 0 radical (unpaired) electrons. The summed E-state index contributed by atoms with van der Waals surface area (Å²) in [7, 11) is 0. The molecule has 0 heterocycles. The predicted molar refractivity (Wildman–Crippen MR) is 66.3 cm³/mol. The number of carbonyl (C=O) groups is 2. The molecule has 3 heteroatoms. The van der Waals surface area contributed by atoms with Gasteiger partial charge in [-0.25, -0.2) is 0 Å². The fraction of sp³-hybridized carbons (Fsp3) is 0.429. The number of carbonyl (C=O) groups excluding carboxylic acids is 2. The van der Waals surface area contributed by atoms with Crippen LogP contribution in [0.1, 0.15) is 53.9 Å². The van der Waals surface area contributed by atoms with Gasteiger partial charge < -0.3 is 5.48 Å². The van der Waals surface area contributed by atoms with Crippen LogP contribution in [0, 0.1) is 0 Å². The first kappa shape index (κ1) is 13.6. The molecule has 0 saturated heterocycles. The standard InChI is InChI=1S/C14H16O2.H2O/c15-10-14(16)13-8-6-12(7-9-13)11-4-2-1-3-5-11;/h6-11H,1-5H2;1H2. The third-order valence-corrected chi connectivity index (χ3v) is 3.38. The van der Waals surface area contributed by atoms with Crippen LogP contribution in [-0.4, -0.2) is 17.5 Å². The molecule has 0 aliphatic heterocycles. The summed E-state index contributed by atoms with van der Waals surface area (Å²) in [5, 5.41) is 0. The van der Waals surface area contributed by atoms with E-state index in [0.29, 0.717) is 17.8 Å². The summed E-state index contributed by atoms with van der Waals surface area (Å²) >= 11 is 0. The van der Waals surface area contributed by atoms with Gasteiger partial charge in [0.05, 0.1) is 0 Å². The quantitative estimate of drug-likeness (QED) is 0.457. The maximum Gasteiger partial charge on any atom is 0.225 e. The highest BCUT2D eigenvalue weighted by Gasteiger charge is 2.15. The summed E-state index contributed by atoms with van der Waals surface area (Å²) in [5.41, 5.74) is 1.80. The average molecular weight is 234 g/mol. The number of benzene rings is 1. The predicted octanol–water partition coefficient (Wildman–Crippen LogP) is 2.29. The first-order chi connectivity index (χ1) is 7.81. The third-order valence-electron chi connectivity index (χ3n) is 3.38. The molecule has 0 atom stereocenters. The van der Waals surface area contributed by atoms with E-state index in [1.54, 1.807) is 12.1 Å². The maximum absolute atomic E-state index is 11.1. The Balaban J connectivity index is 0.00000144. The average Bonchev–Trinajstić information content (AvgIpc) is 2.39. The number of rotatable bonds is 3. The van der Waals surface area contributed by atoms with Crippen LogP contribution in [0.4, 0.5) is 0 Å². The van der Waals surface area contributed by atoms with Crippen LogP contribution >= 0.6 is 0 Å². The van der Waals surface area contributed by atoms with Crippen LogP contribution in [-0.2, 0) is 4.79 Å². The normalized spacial score (nSPS) is 16.0. The molecule has 17 heavy (non-hydrogen) atoms. The van der Waals surface area contributed by atoms with Gasteiger partial charge in [0.2, 0.25) is 5.78 Å². The highest BCUT2D eigenvalue weighted by molar-refractivity contribution is 6.33. The van der Waals surface area contributed by atoms with Gasteiger partial charge in [-0.15, -0.1) is 0 Å². The number of Topliss-reactive ketones (excluding diaryl/α,β-unsaturated/α-hetero) is 1. The van der Waals surface area contributed by atoms with Gasteiger partial charge in [-0.3, -0.25) is 9.59 Å². The molecule has 0 bridgehead atoms. The lowest BCUT2D eigenvalue weighted by Gasteiger charge is -2.21. The van der Waals surface area contributed by atoms with Gasteiger partial charge in [-0.2, -0.15) is 0 Å². The molecule has 1 aliphatic rings. The van der Waals surface area contributed by atoms with Gasteiger partial charge in [0.15, 0.2) is 6.29 Å². The summed E-state index contributed by atoms with van der Waals surface area (Å²) in [4.78, 5) is 21.5. The number of aldehydes is 1. The minimum absolute atomic E-state index is 0. The third kappa shape index (κ3) is 3.24. The van der Waals surface area contributed by atoms with E-state index in [4.69, 9.17) is 0 Å². The lowest BCUT2D eigenvalue weighted by atomic mass is 9.84. The van der Waals surface area contributed by atoms with Crippen molar-refractivity contribution in [3.63, 3.8) is 0 Å². The first-order valence-electron chi connectivity index (χ1n) is 5.91. The zero-order valence-electron chi connectivity index (χ0n) is 9.82. The molecule has 3 nitrogen and oxygen atoms in total. The Bertz CT molecular complexity index is 375. The van der Waals surface area contributed by atoms with Gasteiger partial charge in [0.25, 0.3) is 0 Å². The van der Waals surface area contributed by atoms with Gasteiger partial charge in [0, 0.05) is 5.56 Å². The Morgan fingerprint density at radius 2 is 1.65 bits per heavy atom. The van der Waals surface area contributed by atoms with Crippen LogP contribution < -0.4 is 0 Å². The molecule has 1 aliphatic carbocycles. The molecular formula is C14H18O3. The zero-order chi connectivity index (χ0) is 11.4. The molecule has 1 aromatic rings. The fourth-order valence-electron chi connectivity index (χ4n) is 2.42. The van der Waals surface area contributed by atoms with E-state index in [2.05, 4.69) is 0 Å². The largest absolute Gasteiger partial charge is 0.412 e. The monoisotopic (exact) mass is 234 g/mol. The highest BCUT2D eigenvalue weighted by atomic mass is 16.2. The number of ketones is 1. The van der Waals surface area contributed by atoms with E-state index in [9.17, 15) is 9.59 Å². The van der Waals surface area contributed by atoms with Crippen LogP contribution in [0.15, 0.2) is 24.3 Å². The van der Waals surface area contributed by atoms with E-state index < -0.39 is 5.78 Å². The Kier molecular flexibility index (Phi) is 5.04. The van der Waals surface area contributed by atoms with E-state index in [1.807, 2.05) is 12.1 Å². The van der Waals surface area contributed by atoms with Crippen molar-refractivity contribution in [3.8, 4) is 0 Å². The number of hydrogen-bond acceptors (Lipinski definition) is 2. The van der Waals surface area contributed by atoms with Gasteiger partial charge in [-0.1, -0.05) is 43.5 Å². The summed E-state index contributed by atoms with van der Waals surface area (Å²) in [6.07, 6.45) is 6.83. The van der Waals surface area contributed by atoms with E-state index in [-0.39, 0.29) is 5.48 Å². The Hall–Kier alpha value is -1.48. The Morgan fingerprint density at radius 1 is 1.06 bits per heavy atom. The van der Waals surface area contributed by atoms with Crippen molar-refractivity contribution in [2.75, 3.05) is 0 Å². The minimum atomic E-state index is -0.435. The van der Waals surface area contributed by atoms with Crippen LogP contribution in [0.2, 0.25) is 0 Å². The Labute approximate surface area is 101 Å². The molecule has 0 spiro atoms. The molecule has 1 fully saturated rings. The summed E-state index contributed by atoms with van der Waals surface area (Å²) < 4.78 is 0. The van der Waals surface area contributed by atoms with Gasteiger partial charge in [0.1, 0.15) is 0 Å². The molecule has 0 unspecified atom stereocenters.